The smallest absolute Gasteiger partial charge is 0.407 e. The van der Waals surface area contributed by atoms with Gasteiger partial charge in [-0.15, -0.1) is 0 Å². The van der Waals surface area contributed by atoms with Crippen molar-refractivity contribution in [2.75, 3.05) is 11.4 Å². The molecule has 0 aliphatic carbocycles. The van der Waals surface area contributed by atoms with Crippen molar-refractivity contribution in [1.29, 1.82) is 0 Å². The van der Waals surface area contributed by atoms with Crippen LogP contribution in [0.25, 0.3) is 11.1 Å². The van der Waals surface area contributed by atoms with E-state index in [4.69, 9.17) is 4.42 Å². The summed E-state index contributed by atoms with van der Waals surface area (Å²) in [4.78, 5) is 48.3. The Balaban J connectivity index is 1.44. The lowest BCUT2D eigenvalue weighted by atomic mass is 10.2. The summed E-state index contributed by atoms with van der Waals surface area (Å²) < 4.78 is 6.14. The fourth-order valence-electron chi connectivity index (χ4n) is 3.47. The van der Waals surface area contributed by atoms with E-state index in [0.29, 0.717) is 18.5 Å². The van der Waals surface area contributed by atoms with Gasteiger partial charge in [0.2, 0.25) is 11.8 Å². The molecule has 0 unspecified atom stereocenters. The highest BCUT2D eigenvalue weighted by Crippen LogP contribution is 2.22. The van der Waals surface area contributed by atoms with E-state index >= 15 is 0 Å². The van der Waals surface area contributed by atoms with Crippen LogP contribution in [0.2, 0.25) is 0 Å². The van der Waals surface area contributed by atoms with Crippen LogP contribution in [0.5, 0.6) is 0 Å². The van der Waals surface area contributed by atoms with E-state index in [2.05, 4.69) is 5.32 Å². The molecule has 154 valence electrons. The molecule has 0 spiro atoms. The van der Waals surface area contributed by atoms with Gasteiger partial charge >= 0.3 is 5.76 Å². The number of aromatic nitrogens is 1. The number of carbonyl (C=O) groups excluding carboxylic acids is 2. The molecule has 10 nitrogen and oxygen atoms in total. The van der Waals surface area contributed by atoms with Gasteiger partial charge in [0.05, 0.1) is 16.5 Å². The number of benzene rings is 2. The molecule has 4 rings (SSSR count). The summed E-state index contributed by atoms with van der Waals surface area (Å²) in [7, 11) is 0. The van der Waals surface area contributed by atoms with Crippen LogP contribution in [0.1, 0.15) is 18.4 Å². The topological polar surface area (TPSA) is 128 Å². The predicted molar refractivity (Wildman–Crippen MR) is 107 cm³/mol. The number of fused-ring (bicyclic) bond motifs is 1. The lowest BCUT2D eigenvalue weighted by molar-refractivity contribution is -0.384. The Morgan fingerprint density at radius 2 is 2.03 bits per heavy atom. The summed E-state index contributed by atoms with van der Waals surface area (Å²) in [5, 5.41) is 13.6. The van der Waals surface area contributed by atoms with Crippen LogP contribution in [0, 0.1) is 10.1 Å². The second kappa shape index (κ2) is 7.82. The van der Waals surface area contributed by atoms with E-state index < -0.39 is 16.6 Å². The number of carbonyl (C=O) groups is 2. The lowest BCUT2D eigenvalue weighted by Gasteiger charge is -2.16. The minimum atomic E-state index is -0.768. The van der Waals surface area contributed by atoms with E-state index in [9.17, 15) is 24.5 Å². The minimum absolute atomic E-state index is 0.0463. The van der Waals surface area contributed by atoms with Gasteiger partial charge in [-0.3, -0.25) is 24.3 Å². The maximum absolute atomic E-state index is 12.4. The molecule has 2 amide bonds. The number of non-ortho nitro benzene ring substituents is 1. The van der Waals surface area contributed by atoms with Gasteiger partial charge in [-0.25, -0.2) is 4.79 Å². The molecule has 1 saturated heterocycles. The van der Waals surface area contributed by atoms with E-state index in [1.165, 1.54) is 12.1 Å². The lowest BCUT2D eigenvalue weighted by Crippen LogP contribution is -2.30. The first-order valence-electron chi connectivity index (χ1n) is 9.36. The number of nitrogens with one attached hydrogen (secondary N) is 1. The van der Waals surface area contributed by atoms with E-state index in [0.717, 1.165) is 28.3 Å². The molecular weight excluding hydrogens is 392 g/mol. The summed E-state index contributed by atoms with van der Waals surface area (Å²) in [5.74, 6) is -1.10. The molecule has 10 heteroatoms. The van der Waals surface area contributed by atoms with Crippen molar-refractivity contribution in [2.45, 2.75) is 25.9 Å². The summed E-state index contributed by atoms with van der Waals surface area (Å²) in [6, 6.07) is 11.1. The molecule has 0 atom stereocenters. The molecule has 30 heavy (non-hydrogen) atoms. The van der Waals surface area contributed by atoms with Crippen LogP contribution in [-0.4, -0.2) is 27.8 Å². The Hall–Kier alpha value is -3.95. The largest absolute Gasteiger partial charge is 0.420 e. The van der Waals surface area contributed by atoms with Gasteiger partial charge < -0.3 is 14.6 Å². The van der Waals surface area contributed by atoms with Crippen LogP contribution in [0.3, 0.4) is 0 Å². The first-order valence-corrected chi connectivity index (χ1v) is 9.36. The van der Waals surface area contributed by atoms with Crippen molar-refractivity contribution in [2.24, 2.45) is 0 Å². The number of nitrogens with zero attached hydrogens (tertiary/aromatic N) is 3. The Labute approximate surface area is 169 Å². The molecule has 0 bridgehead atoms. The number of hydrogen-bond donors (Lipinski definition) is 1. The molecule has 1 aromatic heterocycles. The number of oxazole rings is 1. The number of nitro groups is 1. The normalized spacial score (nSPS) is 13.7. The number of amides is 2. The average Bonchev–Trinajstić information content (AvgIpc) is 3.29. The Kier molecular flexibility index (Phi) is 5.05. The van der Waals surface area contributed by atoms with Crippen LogP contribution in [0.15, 0.2) is 51.7 Å². The maximum atomic E-state index is 12.4. The molecule has 1 fully saturated rings. The third-order valence-electron chi connectivity index (χ3n) is 4.95. The van der Waals surface area contributed by atoms with Crippen molar-refractivity contribution < 1.29 is 18.9 Å². The van der Waals surface area contributed by atoms with Crippen LogP contribution in [-0.2, 0) is 22.7 Å². The zero-order valence-electron chi connectivity index (χ0n) is 15.9. The Morgan fingerprint density at radius 1 is 1.20 bits per heavy atom. The molecule has 1 N–H and O–H groups in total. The molecule has 2 aromatic carbocycles. The second-order valence-corrected chi connectivity index (χ2v) is 6.96. The quantitative estimate of drug-likeness (QED) is 0.489. The SMILES string of the molecule is O=C(Cn1c(=O)oc2cc([N+](=O)[O-])ccc21)NCc1cccc(N2CCCC2=O)c1. The minimum Gasteiger partial charge on any atom is -0.407 e. The molecule has 0 saturated carbocycles. The summed E-state index contributed by atoms with van der Waals surface area (Å²) in [6.45, 7) is 0.627. The summed E-state index contributed by atoms with van der Waals surface area (Å²) in [6.07, 6.45) is 1.37. The molecule has 2 heterocycles. The van der Waals surface area contributed by atoms with Gasteiger partial charge in [0.1, 0.15) is 6.54 Å². The van der Waals surface area contributed by atoms with E-state index in [1.807, 2.05) is 24.3 Å². The summed E-state index contributed by atoms with van der Waals surface area (Å²) >= 11 is 0. The molecule has 0 radical (unpaired) electrons. The van der Waals surface area contributed by atoms with Gasteiger partial charge in [-0.05, 0) is 30.2 Å². The highest BCUT2D eigenvalue weighted by Gasteiger charge is 2.21. The van der Waals surface area contributed by atoms with Gasteiger partial charge in [-0.1, -0.05) is 12.1 Å². The van der Waals surface area contributed by atoms with Crippen LogP contribution >= 0.6 is 0 Å². The predicted octanol–water partition coefficient (Wildman–Crippen LogP) is 1.95. The molecular formula is C20H18N4O6. The fourth-order valence-corrected chi connectivity index (χ4v) is 3.47. The van der Waals surface area contributed by atoms with Gasteiger partial charge in [-0.2, -0.15) is 0 Å². The third kappa shape index (κ3) is 3.79. The van der Waals surface area contributed by atoms with Gasteiger partial charge in [0.15, 0.2) is 5.58 Å². The molecule has 1 aliphatic rings. The zero-order valence-corrected chi connectivity index (χ0v) is 15.9. The number of nitro benzene ring substituents is 1. The molecule has 3 aromatic rings. The fraction of sp³-hybridized carbons (Fsp3) is 0.250. The highest BCUT2D eigenvalue weighted by molar-refractivity contribution is 5.95. The van der Waals surface area contributed by atoms with Crippen molar-refractivity contribution in [3.05, 3.63) is 68.7 Å². The van der Waals surface area contributed by atoms with Crippen molar-refractivity contribution in [1.82, 2.24) is 9.88 Å². The summed E-state index contributed by atoms with van der Waals surface area (Å²) in [5.41, 5.74) is 1.76. The van der Waals surface area contributed by atoms with E-state index in [-0.39, 0.29) is 30.3 Å². The van der Waals surface area contributed by atoms with Gasteiger partial charge in [0, 0.05) is 31.3 Å². The first kappa shape index (κ1) is 19.4. The highest BCUT2D eigenvalue weighted by atomic mass is 16.6. The number of hydrogen-bond acceptors (Lipinski definition) is 6. The van der Waals surface area contributed by atoms with E-state index in [1.54, 1.807) is 4.90 Å². The maximum Gasteiger partial charge on any atom is 0.420 e. The first-order chi connectivity index (χ1) is 14.4. The second-order valence-electron chi connectivity index (χ2n) is 6.96. The van der Waals surface area contributed by atoms with Crippen LogP contribution in [0.4, 0.5) is 11.4 Å². The molecule has 1 aliphatic heterocycles. The standard InChI is InChI=1S/C20H18N4O6/c25-18(12-23-16-7-6-15(24(28)29)10-17(16)30-20(23)27)21-11-13-3-1-4-14(9-13)22-8-2-5-19(22)26/h1,3-4,6-7,9-10H,2,5,8,11-12H2,(H,21,25). The van der Waals surface area contributed by atoms with Crippen LogP contribution < -0.4 is 16.0 Å². The monoisotopic (exact) mass is 410 g/mol. The zero-order chi connectivity index (χ0) is 21.3. The average molecular weight is 410 g/mol. The number of anilines is 1. The third-order valence-corrected chi connectivity index (χ3v) is 4.95. The van der Waals surface area contributed by atoms with Crippen molar-refractivity contribution in [3.8, 4) is 0 Å². The van der Waals surface area contributed by atoms with Crippen molar-refractivity contribution in [3.63, 3.8) is 0 Å². The van der Waals surface area contributed by atoms with Gasteiger partial charge in [0.25, 0.3) is 5.69 Å². The Bertz CT molecular complexity index is 1210. The van der Waals surface area contributed by atoms with Crippen molar-refractivity contribution >= 4 is 34.3 Å². The number of rotatable bonds is 6. The Morgan fingerprint density at radius 3 is 2.77 bits per heavy atom.